The Kier molecular flexibility index (Phi) is 4.18. The molecule has 0 saturated carbocycles. The minimum atomic E-state index is -0.489. The van der Waals surface area contributed by atoms with Crippen molar-refractivity contribution in [2.24, 2.45) is 0 Å². The molecular formula is C15H9N3O3S2. The summed E-state index contributed by atoms with van der Waals surface area (Å²) < 4.78 is 0.393. The molecule has 23 heavy (non-hydrogen) atoms. The van der Waals surface area contributed by atoms with Gasteiger partial charge in [0.2, 0.25) is 0 Å². The number of nitro groups is 1. The highest BCUT2D eigenvalue weighted by Crippen LogP contribution is 2.36. The van der Waals surface area contributed by atoms with Crippen LogP contribution < -0.4 is 4.90 Å². The summed E-state index contributed by atoms with van der Waals surface area (Å²) in [7, 11) is 0. The van der Waals surface area contributed by atoms with Gasteiger partial charge in [-0.15, -0.1) is 0 Å². The lowest BCUT2D eigenvalue weighted by Gasteiger charge is -2.13. The largest absolute Gasteiger partial charge is 0.270 e. The van der Waals surface area contributed by atoms with Crippen LogP contribution >= 0.6 is 24.0 Å². The Labute approximate surface area is 141 Å². The van der Waals surface area contributed by atoms with E-state index in [0.29, 0.717) is 14.9 Å². The number of carbonyl (C=O) groups is 1. The Balaban J connectivity index is 1.90. The lowest BCUT2D eigenvalue weighted by Crippen LogP contribution is -2.27. The topological polar surface area (TPSA) is 76.3 Å². The van der Waals surface area contributed by atoms with Gasteiger partial charge < -0.3 is 0 Å². The molecule has 1 amide bonds. The first kappa shape index (κ1) is 15.3. The zero-order valence-corrected chi connectivity index (χ0v) is 13.2. The number of amides is 1. The van der Waals surface area contributed by atoms with E-state index in [1.807, 2.05) is 0 Å². The van der Waals surface area contributed by atoms with Crippen molar-refractivity contribution in [1.82, 2.24) is 4.98 Å². The van der Waals surface area contributed by atoms with E-state index >= 15 is 0 Å². The van der Waals surface area contributed by atoms with Crippen molar-refractivity contribution in [3.63, 3.8) is 0 Å². The van der Waals surface area contributed by atoms with E-state index in [1.165, 1.54) is 40.9 Å². The summed E-state index contributed by atoms with van der Waals surface area (Å²) in [5.74, 6) is -0.245. The molecular weight excluding hydrogens is 334 g/mol. The molecule has 0 atom stereocenters. The molecule has 1 fully saturated rings. The number of benzene rings is 1. The van der Waals surface area contributed by atoms with Crippen LogP contribution in [0.25, 0.3) is 6.08 Å². The molecule has 2 aromatic rings. The predicted octanol–water partition coefficient (Wildman–Crippen LogP) is 3.40. The second kappa shape index (κ2) is 6.27. The standard InChI is InChI=1S/C15H9N3O3S2/c19-14-13(9-10-5-7-16-8-6-10)23-15(22)17(14)11-1-3-12(4-2-11)18(20)21/h1-9H. The van der Waals surface area contributed by atoms with Crippen molar-refractivity contribution in [3.05, 3.63) is 69.4 Å². The highest BCUT2D eigenvalue weighted by Gasteiger charge is 2.33. The van der Waals surface area contributed by atoms with Crippen molar-refractivity contribution in [3.8, 4) is 0 Å². The molecule has 114 valence electrons. The van der Waals surface area contributed by atoms with E-state index in [9.17, 15) is 14.9 Å². The SMILES string of the molecule is O=C1C(=Cc2ccncc2)SC(=S)N1c1ccc([N+](=O)[O-])cc1. The molecule has 1 aliphatic heterocycles. The molecule has 0 unspecified atom stereocenters. The predicted molar refractivity (Wildman–Crippen MR) is 93.0 cm³/mol. The number of hydrogen-bond acceptors (Lipinski definition) is 6. The summed E-state index contributed by atoms with van der Waals surface area (Å²) in [6.07, 6.45) is 5.03. The van der Waals surface area contributed by atoms with Crippen LogP contribution in [-0.4, -0.2) is 20.1 Å². The van der Waals surface area contributed by atoms with Gasteiger partial charge in [0.1, 0.15) is 0 Å². The molecule has 1 aliphatic rings. The van der Waals surface area contributed by atoms with Gasteiger partial charge in [0.05, 0.1) is 15.5 Å². The molecule has 6 nitrogen and oxygen atoms in total. The van der Waals surface area contributed by atoms with Gasteiger partial charge in [-0.1, -0.05) is 24.0 Å². The number of thiocarbonyl (C=S) groups is 1. The summed E-state index contributed by atoms with van der Waals surface area (Å²) in [5.41, 5.74) is 1.33. The van der Waals surface area contributed by atoms with Crippen molar-refractivity contribution in [2.75, 3.05) is 4.90 Å². The second-order valence-corrected chi connectivity index (χ2v) is 6.25. The zero-order chi connectivity index (χ0) is 16.4. The van der Waals surface area contributed by atoms with Crippen LogP contribution in [0.15, 0.2) is 53.7 Å². The van der Waals surface area contributed by atoms with Gasteiger partial charge in [-0.05, 0) is 35.9 Å². The summed E-state index contributed by atoms with van der Waals surface area (Å²) in [4.78, 5) is 28.5. The van der Waals surface area contributed by atoms with Crippen molar-refractivity contribution < 1.29 is 9.72 Å². The summed E-state index contributed by atoms with van der Waals surface area (Å²) in [6, 6.07) is 9.30. The van der Waals surface area contributed by atoms with Crippen molar-refractivity contribution in [2.45, 2.75) is 0 Å². The van der Waals surface area contributed by atoms with Crippen LogP contribution in [0.2, 0.25) is 0 Å². The highest BCUT2D eigenvalue weighted by molar-refractivity contribution is 8.27. The Morgan fingerprint density at radius 1 is 1.17 bits per heavy atom. The van der Waals surface area contributed by atoms with E-state index in [2.05, 4.69) is 4.98 Å². The molecule has 1 saturated heterocycles. The summed E-state index contributed by atoms with van der Waals surface area (Å²) >= 11 is 6.45. The molecule has 2 heterocycles. The quantitative estimate of drug-likeness (QED) is 0.368. The maximum atomic E-state index is 12.5. The first-order valence-corrected chi connectivity index (χ1v) is 7.71. The van der Waals surface area contributed by atoms with Crippen molar-refractivity contribution in [1.29, 1.82) is 0 Å². The maximum absolute atomic E-state index is 12.5. The van der Waals surface area contributed by atoms with Gasteiger partial charge in [-0.2, -0.15) is 0 Å². The molecule has 8 heteroatoms. The number of rotatable bonds is 3. The van der Waals surface area contributed by atoms with E-state index in [4.69, 9.17) is 12.2 Å². The van der Waals surface area contributed by atoms with E-state index < -0.39 is 4.92 Å². The third-order valence-corrected chi connectivity index (χ3v) is 4.42. The molecule has 1 aromatic carbocycles. The number of nitro benzene ring substituents is 1. The van der Waals surface area contributed by atoms with Gasteiger partial charge >= 0.3 is 0 Å². The lowest BCUT2D eigenvalue weighted by atomic mass is 10.2. The number of nitrogens with zero attached hydrogens (tertiary/aromatic N) is 3. The summed E-state index contributed by atoms with van der Waals surface area (Å²) in [5, 5.41) is 10.7. The van der Waals surface area contributed by atoms with Crippen molar-refractivity contribution >= 4 is 51.7 Å². The average Bonchev–Trinajstić information content (AvgIpc) is 2.82. The third kappa shape index (κ3) is 3.13. The fourth-order valence-electron chi connectivity index (χ4n) is 2.02. The molecule has 1 aromatic heterocycles. The molecule has 0 aliphatic carbocycles. The van der Waals surface area contributed by atoms with Gasteiger partial charge in [0.15, 0.2) is 4.32 Å². The Bertz CT molecular complexity index is 820. The highest BCUT2D eigenvalue weighted by atomic mass is 32.2. The number of anilines is 1. The minimum Gasteiger partial charge on any atom is -0.268 e. The molecule has 3 rings (SSSR count). The number of carbonyl (C=O) groups excluding carboxylic acids is 1. The monoisotopic (exact) mass is 343 g/mol. The van der Waals surface area contributed by atoms with Gasteiger partial charge in [0.25, 0.3) is 11.6 Å². The molecule has 0 radical (unpaired) electrons. The van der Waals surface area contributed by atoms with Crippen LogP contribution in [0, 0.1) is 10.1 Å². The zero-order valence-electron chi connectivity index (χ0n) is 11.6. The van der Waals surface area contributed by atoms with E-state index in [-0.39, 0.29) is 11.6 Å². The van der Waals surface area contributed by atoms with Crippen LogP contribution in [0.1, 0.15) is 5.56 Å². The Morgan fingerprint density at radius 3 is 2.43 bits per heavy atom. The fraction of sp³-hybridized carbons (Fsp3) is 0. The van der Waals surface area contributed by atoms with Gasteiger partial charge in [0, 0.05) is 24.5 Å². The first-order chi connectivity index (χ1) is 11.1. The van der Waals surface area contributed by atoms with E-state index in [1.54, 1.807) is 30.6 Å². The van der Waals surface area contributed by atoms with Gasteiger partial charge in [-0.3, -0.25) is 24.8 Å². The van der Waals surface area contributed by atoms with Gasteiger partial charge in [-0.25, -0.2) is 0 Å². The molecule has 0 bridgehead atoms. The first-order valence-electron chi connectivity index (χ1n) is 6.49. The Hall–Kier alpha value is -2.58. The normalized spacial score (nSPS) is 16.2. The lowest BCUT2D eigenvalue weighted by molar-refractivity contribution is -0.384. The number of hydrogen-bond donors (Lipinski definition) is 0. The molecule has 0 spiro atoms. The minimum absolute atomic E-state index is 0.0356. The van der Waals surface area contributed by atoms with Crippen LogP contribution in [0.4, 0.5) is 11.4 Å². The average molecular weight is 343 g/mol. The fourth-order valence-corrected chi connectivity index (χ4v) is 3.32. The van der Waals surface area contributed by atoms with Crippen LogP contribution in [-0.2, 0) is 4.79 Å². The number of aromatic nitrogens is 1. The van der Waals surface area contributed by atoms with Crippen LogP contribution in [0.5, 0.6) is 0 Å². The molecule has 0 N–H and O–H groups in total. The second-order valence-electron chi connectivity index (χ2n) is 4.57. The van der Waals surface area contributed by atoms with E-state index in [0.717, 1.165) is 5.56 Å². The number of thioether (sulfide) groups is 1. The summed E-state index contributed by atoms with van der Waals surface area (Å²) in [6.45, 7) is 0. The maximum Gasteiger partial charge on any atom is 0.270 e. The smallest absolute Gasteiger partial charge is 0.268 e. The third-order valence-electron chi connectivity index (χ3n) is 3.12. The van der Waals surface area contributed by atoms with Crippen LogP contribution in [0.3, 0.4) is 0 Å². The Morgan fingerprint density at radius 2 is 1.83 bits per heavy atom. The number of non-ortho nitro benzene ring substituents is 1. The number of pyridine rings is 1.